The number of rotatable bonds is 3. The van der Waals surface area contributed by atoms with Crippen molar-refractivity contribution in [3.8, 4) is 0 Å². The highest BCUT2D eigenvalue weighted by atomic mass is 32.2. The topological polar surface area (TPSA) is 76.5 Å². The van der Waals surface area contributed by atoms with Crippen LogP contribution in [0.25, 0.3) is 0 Å². The first-order valence-electron chi connectivity index (χ1n) is 6.73. The average Bonchev–Trinajstić information content (AvgIpc) is 2.67. The van der Waals surface area contributed by atoms with Crippen LogP contribution >= 0.6 is 11.8 Å². The van der Waals surface area contributed by atoms with Gasteiger partial charge in [0.25, 0.3) is 0 Å². The molecule has 20 heavy (non-hydrogen) atoms. The summed E-state index contributed by atoms with van der Waals surface area (Å²) in [6, 6.07) is -0.0287. The summed E-state index contributed by atoms with van der Waals surface area (Å²) in [4.78, 5) is 0.267. The average molecular weight is 318 g/mol. The van der Waals surface area contributed by atoms with Gasteiger partial charge in [0.2, 0.25) is 10.0 Å². The van der Waals surface area contributed by atoms with Crippen LogP contribution in [-0.2, 0) is 16.6 Å². The predicted octanol–water partition coefficient (Wildman–Crippen LogP) is 1.87. The van der Waals surface area contributed by atoms with Crippen molar-refractivity contribution in [2.75, 3.05) is 12.3 Å². The zero-order valence-electron chi connectivity index (χ0n) is 12.3. The first-order valence-corrected chi connectivity index (χ1v) is 9.22. The maximum Gasteiger partial charge on any atom is 0.247 e. The van der Waals surface area contributed by atoms with Crippen molar-refractivity contribution in [3.63, 3.8) is 0 Å². The lowest BCUT2D eigenvalue weighted by molar-refractivity contribution is 0.339. The second-order valence-electron chi connectivity index (χ2n) is 5.16. The van der Waals surface area contributed by atoms with Gasteiger partial charge in [-0.2, -0.15) is 16.1 Å². The van der Waals surface area contributed by atoms with E-state index in [0.29, 0.717) is 23.6 Å². The fourth-order valence-electron chi connectivity index (χ4n) is 2.65. The van der Waals surface area contributed by atoms with Crippen LogP contribution in [0.2, 0.25) is 0 Å². The lowest BCUT2D eigenvalue weighted by Crippen LogP contribution is -2.48. The van der Waals surface area contributed by atoms with Crippen LogP contribution in [0, 0.1) is 13.8 Å². The quantitative estimate of drug-likeness (QED) is 0.920. The monoisotopic (exact) mass is 318 g/mol. The summed E-state index contributed by atoms with van der Waals surface area (Å²) in [7, 11) is -3.55. The van der Waals surface area contributed by atoms with Gasteiger partial charge in [-0.3, -0.25) is 0 Å². The van der Waals surface area contributed by atoms with E-state index >= 15 is 0 Å². The van der Waals surface area contributed by atoms with Crippen molar-refractivity contribution in [3.05, 3.63) is 17.1 Å². The van der Waals surface area contributed by atoms with E-state index in [-0.39, 0.29) is 22.7 Å². The third-order valence-electron chi connectivity index (χ3n) is 3.92. The fourth-order valence-corrected chi connectivity index (χ4v) is 6.07. The van der Waals surface area contributed by atoms with Gasteiger partial charge in [-0.1, -0.05) is 6.92 Å². The van der Waals surface area contributed by atoms with Gasteiger partial charge in [0.05, 0.1) is 0 Å². The Hall–Kier alpha value is -0.500. The van der Waals surface area contributed by atoms with Crippen LogP contribution in [0.3, 0.4) is 0 Å². The lowest BCUT2D eigenvalue weighted by atomic mass is 10.2. The standard InChI is InChI=1S/C13H22N2O3S2/c1-8-11(4)19-6-5-15(8)20(16,17)13-10(3)18-9(2)12(13)7-14/h8,11H,5-7,14H2,1-4H3. The Morgan fingerprint density at radius 1 is 1.35 bits per heavy atom. The highest BCUT2D eigenvalue weighted by molar-refractivity contribution is 8.00. The Kier molecular flexibility index (Phi) is 4.53. The number of nitrogens with two attached hydrogens (primary N) is 1. The minimum atomic E-state index is -3.55. The first-order chi connectivity index (χ1) is 9.30. The highest BCUT2D eigenvalue weighted by Crippen LogP contribution is 2.34. The molecule has 0 bridgehead atoms. The predicted molar refractivity (Wildman–Crippen MR) is 81.3 cm³/mol. The van der Waals surface area contributed by atoms with Gasteiger partial charge in [0.1, 0.15) is 16.4 Å². The van der Waals surface area contributed by atoms with Gasteiger partial charge in [0.15, 0.2) is 0 Å². The fraction of sp³-hybridized carbons (Fsp3) is 0.692. The number of sulfonamides is 1. The van der Waals surface area contributed by atoms with Crippen LogP contribution in [-0.4, -0.2) is 36.3 Å². The third-order valence-corrected chi connectivity index (χ3v) is 7.44. The maximum absolute atomic E-state index is 13.0. The summed E-state index contributed by atoms with van der Waals surface area (Å²) in [6.07, 6.45) is 0. The number of hydrogen-bond donors (Lipinski definition) is 1. The molecular weight excluding hydrogens is 296 g/mol. The van der Waals surface area contributed by atoms with Gasteiger partial charge < -0.3 is 10.2 Å². The Balaban J connectivity index is 2.50. The Labute approximate surface area is 124 Å². The van der Waals surface area contributed by atoms with Crippen molar-refractivity contribution in [2.24, 2.45) is 5.73 Å². The number of nitrogens with zero attached hydrogens (tertiary/aromatic N) is 1. The van der Waals surface area contributed by atoms with E-state index in [1.165, 1.54) is 0 Å². The molecule has 1 aromatic rings. The minimum absolute atomic E-state index is 0.0287. The molecule has 0 spiro atoms. The summed E-state index contributed by atoms with van der Waals surface area (Å²) in [5.41, 5.74) is 6.30. The molecule has 7 heteroatoms. The molecule has 1 saturated heterocycles. The summed E-state index contributed by atoms with van der Waals surface area (Å²) in [5.74, 6) is 1.84. The van der Waals surface area contributed by atoms with E-state index in [2.05, 4.69) is 6.92 Å². The summed E-state index contributed by atoms with van der Waals surface area (Å²) < 4.78 is 33.0. The Morgan fingerprint density at radius 3 is 2.60 bits per heavy atom. The molecule has 1 fully saturated rings. The lowest BCUT2D eigenvalue weighted by Gasteiger charge is -2.36. The molecule has 2 unspecified atom stereocenters. The number of hydrogen-bond acceptors (Lipinski definition) is 5. The molecule has 2 atom stereocenters. The van der Waals surface area contributed by atoms with Crippen molar-refractivity contribution in [1.82, 2.24) is 4.31 Å². The molecule has 0 aromatic carbocycles. The molecule has 1 aromatic heterocycles. The Morgan fingerprint density at radius 2 is 2.00 bits per heavy atom. The number of aryl methyl sites for hydroxylation is 2. The molecule has 5 nitrogen and oxygen atoms in total. The third kappa shape index (κ3) is 2.52. The molecule has 2 heterocycles. The highest BCUT2D eigenvalue weighted by Gasteiger charge is 2.38. The smallest absolute Gasteiger partial charge is 0.247 e. The SMILES string of the molecule is Cc1oc(C)c(S(=O)(=O)N2CCSC(C)C2C)c1CN. The van der Waals surface area contributed by atoms with Gasteiger partial charge in [-0.25, -0.2) is 8.42 Å². The second kappa shape index (κ2) is 5.71. The minimum Gasteiger partial charge on any atom is -0.465 e. The molecule has 114 valence electrons. The van der Waals surface area contributed by atoms with Gasteiger partial charge in [0, 0.05) is 35.7 Å². The van der Waals surface area contributed by atoms with Crippen LogP contribution in [0.4, 0.5) is 0 Å². The number of thioether (sulfide) groups is 1. The van der Waals surface area contributed by atoms with E-state index in [1.54, 1.807) is 29.9 Å². The normalized spacial score (nSPS) is 25.1. The summed E-state index contributed by atoms with van der Waals surface area (Å²) >= 11 is 1.81. The first kappa shape index (κ1) is 15.9. The molecule has 1 aliphatic heterocycles. The van der Waals surface area contributed by atoms with E-state index < -0.39 is 10.0 Å². The molecule has 2 N–H and O–H groups in total. The molecule has 2 rings (SSSR count). The van der Waals surface area contributed by atoms with Crippen molar-refractivity contribution in [1.29, 1.82) is 0 Å². The molecule has 1 aliphatic rings. The van der Waals surface area contributed by atoms with Crippen molar-refractivity contribution < 1.29 is 12.8 Å². The van der Waals surface area contributed by atoms with Crippen LogP contribution < -0.4 is 5.73 Å². The molecular formula is C13H22N2O3S2. The maximum atomic E-state index is 13.0. The van der Waals surface area contributed by atoms with E-state index in [4.69, 9.17) is 10.2 Å². The van der Waals surface area contributed by atoms with Crippen LogP contribution in [0.5, 0.6) is 0 Å². The molecule has 0 saturated carbocycles. The van der Waals surface area contributed by atoms with Crippen LogP contribution in [0.15, 0.2) is 9.31 Å². The van der Waals surface area contributed by atoms with E-state index in [0.717, 1.165) is 5.75 Å². The Bertz CT molecular complexity index is 595. The van der Waals surface area contributed by atoms with Gasteiger partial charge in [-0.15, -0.1) is 0 Å². The van der Waals surface area contributed by atoms with Gasteiger partial charge >= 0.3 is 0 Å². The molecule has 0 aliphatic carbocycles. The van der Waals surface area contributed by atoms with Crippen molar-refractivity contribution in [2.45, 2.75) is 50.4 Å². The van der Waals surface area contributed by atoms with E-state index in [1.807, 2.05) is 6.92 Å². The molecule has 0 amide bonds. The van der Waals surface area contributed by atoms with E-state index in [9.17, 15) is 8.42 Å². The van der Waals surface area contributed by atoms with Gasteiger partial charge in [-0.05, 0) is 20.8 Å². The summed E-state index contributed by atoms with van der Waals surface area (Å²) in [5, 5.41) is 0.285. The zero-order valence-corrected chi connectivity index (χ0v) is 14.0. The number of furan rings is 1. The van der Waals surface area contributed by atoms with Crippen molar-refractivity contribution >= 4 is 21.8 Å². The summed E-state index contributed by atoms with van der Waals surface area (Å²) in [6.45, 7) is 8.17. The largest absolute Gasteiger partial charge is 0.465 e. The molecule has 0 radical (unpaired) electrons. The zero-order chi connectivity index (χ0) is 15.1. The van der Waals surface area contributed by atoms with Crippen LogP contribution in [0.1, 0.15) is 30.9 Å². The second-order valence-corrected chi connectivity index (χ2v) is 8.47.